The van der Waals surface area contributed by atoms with Crippen molar-refractivity contribution in [3.05, 3.63) is 0 Å². The van der Waals surface area contributed by atoms with Crippen molar-refractivity contribution in [2.24, 2.45) is 11.8 Å². The summed E-state index contributed by atoms with van der Waals surface area (Å²) in [6.07, 6.45) is 3.51. The van der Waals surface area contributed by atoms with Crippen molar-refractivity contribution in [3.8, 4) is 0 Å². The zero-order valence-electron chi connectivity index (χ0n) is 12.5. The molecule has 1 unspecified atom stereocenters. The van der Waals surface area contributed by atoms with E-state index in [0.717, 1.165) is 19.5 Å². The predicted octanol–water partition coefficient (Wildman–Crippen LogP) is 1.13. The van der Waals surface area contributed by atoms with Crippen LogP contribution in [0.3, 0.4) is 0 Å². The molecule has 1 aliphatic rings. The second-order valence-electron chi connectivity index (χ2n) is 5.88. The number of piperidine rings is 1. The number of carbonyl (C=O) groups excluding carboxylic acids is 1. The molecule has 1 saturated heterocycles. The van der Waals surface area contributed by atoms with E-state index in [-0.39, 0.29) is 18.4 Å². The van der Waals surface area contributed by atoms with Crippen molar-refractivity contribution in [1.82, 2.24) is 15.5 Å². The molecule has 116 valence electrons. The Kier molecular flexibility index (Phi) is 7.36. The van der Waals surface area contributed by atoms with E-state index in [4.69, 9.17) is 5.11 Å². The van der Waals surface area contributed by atoms with Gasteiger partial charge in [0.15, 0.2) is 0 Å². The number of urea groups is 1. The van der Waals surface area contributed by atoms with Gasteiger partial charge in [0, 0.05) is 19.5 Å². The monoisotopic (exact) mass is 285 g/mol. The molecule has 0 bridgehead atoms. The van der Waals surface area contributed by atoms with E-state index >= 15 is 0 Å². The maximum absolute atomic E-state index is 11.5. The van der Waals surface area contributed by atoms with Gasteiger partial charge in [-0.3, -0.25) is 4.79 Å². The summed E-state index contributed by atoms with van der Waals surface area (Å²) in [6.45, 7) is 5.18. The molecular weight excluding hydrogens is 258 g/mol. The first kappa shape index (κ1) is 16.8. The molecular formula is C14H27N3O3. The minimum atomic E-state index is -0.832. The lowest BCUT2D eigenvalue weighted by atomic mass is 9.94. The molecule has 1 heterocycles. The molecule has 1 aliphatic heterocycles. The van der Waals surface area contributed by atoms with Gasteiger partial charge in [-0.15, -0.1) is 0 Å². The van der Waals surface area contributed by atoms with Gasteiger partial charge in [-0.25, -0.2) is 4.79 Å². The highest BCUT2D eigenvalue weighted by Gasteiger charge is 2.16. The van der Waals surface area contributed by atoms with Crippen LogP contribution in [-0.2, 0) is 4.79 Å². The number of carboxylic acid groups (broad SMARTS) is 1. The number of carboxylic acids is 1. The zero-order chi connectivity index (χ0) is 15.0. The Labute approximate surface area is 120 Å². The van der Waals surface area contributed by atoms with Gasteiger partial charge in [0.25, 0.3) is 0 Å². The van der Waals surface area contributed by atoms with Crippen molar-refractivity contribution in [2.75, 3.05) is 33.2 Å². The van der Waals surface area contributed by atoms with Crippen LogP contribution in [-0.4, -0.2) is 55.2 Å². The molecule has 1 fully saturated rings. The fourth-order valence-corrected chi connectivity index (χ4v) is 2.44. The Balaban J connectivity index is 2.04. The normalized spacial score (nSPS) is 18.5. The van der Waals surface area contributed by atoms with Crippen LogP contribution in [0.25, 0.3) is 0 Å². The molecule has 0 aliphatic carbocycles. The molecule has 2 amide bonds. The van der Waals surface area contributed by atoms with Gasteiger partial charge in [0.2, 0.25) is 0 Å². The lowest BCUT2D eigenvalue weighted by molar-refractivity contribution is -0.137. The lowest BCUT2D eigenvalue weighted by Gasteiger charge is -2.28. The number of nitrogens with zero attached hydrogens (tertiary/aromatic N) is 1. The van der Waals surface area contributed by atoms with E-state index in [1.54, 1.807) is 0 Å². The highest BCUT2D eigenvalue weighted by molar-refractivity contribution is 5.73. The van der Waals surface area contributed by atoms with Crippen LogP contribution in [0.5, 0.6) is 0 Å². The lowest BCUT2D eigenvalue weighted by Crippen LogP contribution is -2.39. The summed E-state index contributed by atoms with van der Waals surface area (Å²) in [7, 11) is 2.14. The van der Waals surface area contributed by atoms with Crippen LogP contribution in [0.1, 0.15) is 32.6 Å². The largest absolute Gasteiger partial charge is 0.481 e. The van der Waals surface area contributed by atoms with Gasteiger partial charge in [-0.2, -0.15) is 0 Å². The molecule has 0 aromatic carbocycles. The minimum Gasteiger partial charge on any atom is -0.481 e. The second-order valence-corrected chi connectivity index (χ2v) is 5.88. The van der Waals surface area contributed by atoms with Gasteiger partial charge in [0.1, 0.15) is 0 Å². The van der Waals surface area contributed by atoms with Crippen molar-refractivity contribution in [2.45, 2.75) is 32.6 Å². The smallest absolute Gasteiger partial charge is 0.314 e. The molecule has 6 nitrogen and oxygen atoms in total. The highest BCUT2D eigenvalue weighted by atomic mass is 16.4. The Morgan fingerprint density at radius 3 is 2.55 bits per heavy atom. The SMILES string of the molecule is CC(CNC(=O)NCCC1CCN(C)CC1)CC(=O)O. The van der Waals surface area contributed by atoms with Crippen molar-refractivity contribution in [3.63, 3.8) is 0 Å². The van der Waals surface area contributed by atoms with Gasteiger partial charge >= 0.3 is 12.0 Å². The molecule has 0 spiro atoms. The average Bonchev–Trinajstić information content (AvgIpc) is 2.38. The quantitative estimate of drug-likeness (QED) is 0.655. The van der Waals surface area contributed by atoms with Gasteiger partial charge in [-0.1, -0.05) is 6.92 Å². The molecule has 6 heteroatoms. The van der Waals surface area contributed by atoms with Crippen LogP contribution in [0.4, 0.5) is 4.79 Å². The number of carbonyl (C=O) groups is 2. The van der Waals surface area contributed by atoms with Crippen LogP contribution in [0.2, 0.25) is 0 Å². The van der Waals surface area contributed by atoms with Crippen molar-refractivity contribution >= 4 is 12.0 Å². The van der Waals surface area contributed by atoms with Gasteiger partial charge < -0.3 is 20.6 Å². The zero-order valence-corrected chi connectivity index (χ0v) is 12.5. The Bertz CT molecular complexity index is 315. The molecule has 0 aromatic rings. The Hall–Kier alpha value is -1.30. The maximum atomic E-state index is 11.5. The van der Waals surface area contributed by atoms with Gasteiger partial charge in [0.05, 0.1) is 0 Å². The third-order valence-electron chi connectivity index (χ3n) is 3.81. The van der Waals surface area contributed by atoms with Crippen LogP contribution < -0.4 is 10.6 Å². The molecule has 0 aromatic heterocycles. The topological polar surface area (TPSA) is 81.7 Å². The van der Waals surface area contributed by atoms with E-state index in [1.165, 1.54) is 12.8 Å². The second kappa shape index (κ2) is 8.79. The van der Waals surface area contributed by atoms with E-state index in [2.05, 4.69) is 22.6 Å². The number of hydrogen-bond acceptors (Lipinski definition) is 3. The van der Waals surface area contributed by atoms with E-state index in [1.807, 2.05) is 6.92 Å². The number of rotatable bonds is 7. The molecule has 1 atom stereocenters. The number of nitrogens with one attached hydrogen (secondary N) is 2. The first-order valence-electron chi connectivity index (χ1n) is 7.39. The van der Waals surface area contributed by atoms with Crippen molar-refractivity contribution < 1.29 is 14.7 Å². The molecule has 1 rings (SSSR count). The van der Waals surface area contributed by atoms with E-state index < -0.39 is 5.97 Å². The maximum Gasteiger partial charge on any atom is 0.314 e. The predicted molar refractivity (Wildman–Crippen MR) is 77.7 cm³/mol. The fraction of sp³-hybridized carbons (Fsp3) is 0.857. The minimum absolute atomic E-state index is 0.0490. The Morgan fingerprint density at radius 1 is 1.30 bits per heavy atom. The molecule has 0 saturated carbocycles. The summed E-state index contributed by atoms with van der Waals surface area (Å²) in [6, 6.07) is -0.199. The first-order valence-corrected chi connectivity index (χ1v) is 7.39. The summed E-state index contributed by atoms with van der Waals surface area (Å²) in [5.41, 5.74) is 0. The summed E-state index contributed by atoms with van der Waals surface area (Å²) in [4.78, 5) is 24.4. The number of amides is 2. The summed E-state index contributed by atoms with van der Waals surface area (Å²) in [5.74, 6) is -0.174. The van der Waals surface area contributed by atoms with Crippen LogP contribution in [0, 0.1) is 11.8 Å². The standard InChI is InChI=1S/C14H27N3O3/c1-11(9-13(18)19)10-16-14(20)15-6-3-12-4-7-17(2)8-5-12/h11-12H,3-10H2,1-2H3,(H,18,19)(H2,15,16,20). The summed E-state index contributed by atoms with van der Waals surface area (Å²) >= 11 is 0. The van der Waals surface area contributed by atoms with Gasteiger partial charge in [-0.05, 0) is 51.2 Å². The first-order chi connectivity index (χ1) is 9.47. The van der Waals surface area contributed by atoms with Crippen molar-refractivity contribution in [1.29, 1.82) is 0 Å². The van der Waals surface area contributed by atoms with E-state index in [9.17, 15) is 9.59 Å². The van der Waals surface area contributed by atoms with E-state index in [0.29, 0.717) is 19.0 Å². The average molecular weight is 285 g/mol. The molecule has 0 radical (unpaired) electrons. The van der Waals surface area contributed by atoms with Crippen LogP contribution in [0.15, 0.2) is 0 Å². The van der Waals surface area contributed by atoms with Crippen LogP contribution >= 0.6 is 0 Å². The summed E-state index contributed by atoms with van der Waals surface area (Å²) in [5, 5.41) is 14.2. The Morgan fingerprint density at radius 2 is 1.95 bits per heavy atom. The fourth-order valence-electron chi connectivity index (χ4n) is 2.44. The summed E-state index contributed by atoms with van der Waals surface area (Å²) < 4.78 is 0. The third kappa shape index (κ3) is 7.33. The molecule has 3 N–H and O–H groups in total. The number of hydrogen-bond donors (Lipinski definition) is 3. The highest BCUT2D eigenvalue weighted by Crippen LogP contribution is 2.18. The molecule has 20 heavy (non-hydrogen) atoms. The number of aliphatic carboxylic acids is 1. The third-order valence-corrected chi connectivity index (χ3v) is 3.81. The number of likely N-dealkylation sites (tertiary alicyclic amines) is 1.